The van der Waals surface area contributed by atoms with E-state index in [1.165, 1.54) is 0 Å². The molecule has 0 amide bonds. The van der Waals surface area contributed by atoms with Gasteiger partial charge in [-0.2, -0.15) is 0 Å². The van der Waals surface area contributed by atoms with Crippen LogP contribution in [-0.2, 0) is 19.1 Å². The van der Waals surface area contributed by atoms with Gasteiger partial charge in [-0.1, -0.05) is 32.9 Å². The van der Waals surface area contributed by atoms with Gasteiger partial charge < -0.3 is 14.6 Å². The number of hydrogen-bond donors (Lipinski definition) is 1. The quantitative estimate of drug-likeness (QED) is 0.543. The second-order valence-corrected chi connectivity index (χ2v) is 7.48. The van der Waals surface area contributed by atoms with E-state index in [0.29, 0.717) is 30.6 Å². The topological polar surface area (TPSA) is 72.8 Å². The molecule has 4 aliphatic rings. The van der Waals surface area contributed by atoms with Crippen LogP contribution in [0.25, 0.3) is 0 Å². The molecule has 2 saturated heterocycles. The number of allylic oxidation sites excluding steroid dienone is 1. The molecule has 8 atom stereocenters. The molecule has 4 rings (SSSR count). The average molecular weight is 334 g/mol. The second kappa shape index (κ2) is 6.71. The van der Waals surface area contributed by atoms with E-state index in [4.69, 9.17) is 9.47 Å². The summed E-state index contributed by atoms with van der Waals surface area (Å²) in [6, 6.07) is 0. The van der Waals surface area contributed by atoms with Crippen LogP contribution in [0.1, 0.15) is 33.6 Å². The number of ether oxygens (including phenoxy) is 2. The Balaban J connectivity index is 0.000000141. The van der Waals surface area contributed by atoms with E-state index in [0.717, 1.165) is 0 Å². The highest BCUT2D eigenvalue weighted by molar-refractivity contribution is 5.73. The van der Waals surface area contributed by atoms with E-state index in [9.17, 15) is 14.7 Å². The van der Waals surface area contributed by atoms with Crippen molar-refractivity contribution in [2.75, 3.05) is 0 Å². The Bertz CT molecular complexity index is 516. The third-order valence-corrected chi connectivity index (χ3v) is 6.00. The Labute approximate surface area is 142 Å². The van der Waals surface area contributed by atoms with Crippen LogP contribution in [0.3, 0.4) is 0 Å². The van der Waals surface area contributed by atoms with E-state index in [1.54, 1.807) is 12.2 Å². The van der Waals surface area contributed by atoms with Gasteiger partial charge in [0.25, 0.3) is 0 Å². The van der Waals surface area contributed by atoms with Gasteiger partial charge in [-0.25, -0.2) is 0 Å². The maximum Gasteiger partial charge on any atom is 0.306 e. The average Bonchev–Trinajstić information content (AvgIpc) is 3.10. The lowest BCUT2D eigenvalue weighted by Crippen LogP contribution is -2.32. The van der Waals surface area contributed by atoms with Gasteiger partial charge in [0.15, 0.2) is 0 Å². The van der Waals surface area contributed by atoms with Crippen LogP contribution in [0.5, 0.6) is 0 Å². The fourth-order valence-electron chi connectivity index (χ4n) is 4.03. The summed E-state index contributed by atoms with van der Waals surface area (Å²) in [7, 11) is 0. The third kappa shape index (κ3) is 3.27. The zero-order valence-corrected chi connectivity index (χ0v) is 14.4. The summed E-state index contributed by atoms with van der Waals surface area (Å²) in [6.45, 7) is 6.35. The van der Waals surface area contributed by atoms with E-state index in [2.05, 4.69) is 19.9 Å². The molecule has 0 radical (unpaired) electrons. The lowest BCUT2D eigenvalue weighted by atomic mass is 9.76. The first kappa shape index (κ1) is 17.2. The van der Waals surface area contributed by atoms with Crippen molar-refractivity contribution in [1.29, 1.82) is 0 Å². The van der Waals surface area contributed by atoms with Crippen LogP contribution in [-0.4, -0.2) is 35.4 Å². The second-order valence-electron chi connectivity index (χ2n) is 7.48. The van der Waals surface area contributed by atoms with E-state index < -0.39 is 6.10 Å². The highest BCUT2D eigenvalue weighted by atomic mass is 16.6. The zero-order valence-electron chi connectivity index (χ0n) is 14.4. The lowest BCUT2D eigenvalue weighted by molar-refractivity contribution is -0.141. The Kier molecular flexibility index (Phi) is 4.81. The molecule has 132 valence electrons. The number of hydrogen-bond acceptors (Lipinski definition) is 5. The summed E-state index contributed by atoms with van der Waals surface area (Å²) in [5.41, 5.74) is 0. The van der Waals surface area contributed by atoms with Crippen molar-refractivity contribution in [2.24, 2.45) is 29.6 Å². The molecule has 1 N–H and O–H groups in total. The van der Waals surface area contributed by atoms with Gasteiger partial charge in [0, 0.05) is 11.8 Å². The number of fused-ring (bicyclic) bond motifs is 2. The van der Waals surface area contributed by atoms with E-state index in [-0.39, 0.29) is 36.0 Å². The van der Waals surface area contributed by atoms with E-state index >= 15 is 0 Å². The standard InChI is InChI=1S/C10H14O2.C9H12O3/c1-6-3-4-9-8(7(6)2)5-10(11)12-9;1-5-6-4-9(11)12-8(6)3-2-7(5)10/h3-4,6-9H,5H2,1-2H3;2-3,5-8,10H,4H2,1H3/t6?,7-,8-,9?;5-,6+,7?,8?/m01/s1. The van der Waals surface area contributed by atoms with Crippen LogP contribution in [0.4, 0.5) is 0 Å². The molecule has 2 aliphatic heterocycles. The summed E-state index contributed by atoms with van der Waals surface area (Å²) >= 11 is 0. The Hall–Kier alpha value is -1.62. The number of aliphatic hydroxyl groups is 1. The van der Waals surface area contributed by atoms with Crippen molar-refractivity contribution >= 4 is 11.9 Å². The molecular weight excluding hydrogens is 308 g/mol. The summed E-state index contributed by atoms with van der Waals surface area (Å²) in [5, 5.41) is 9.46. The van der Waals surface area contributed by atoms with Crippen molar-refractivity contribution in [3.05, 3.63) is 24.3 Å². The Morgan fingerprint density at radius 3 is 1.92 bits per heavy atom. The minimum Gasteiger partial charge on any atom is -0.458 e. The van der Waals surface area contributed by atoms with Crippen molar-refractivity contribution in [3.63, 3.8) is 0 Å². The van der Waals surface area contributed by atoms with Crippen LogP contribution in [0.2, 0.25) is 0 Å². The van der Waals surface area contributed by atoms with Gasteiger partial charge in [-0.05, 0) is 29.9 Å². The molecule has 0 aromatic heterocycles. The molecule has 4 unspecified atom stereocenters. The van der Waals surface area contributed by atoms with Gasteiger partial charge in [-0.3, -0.25) is 9.59 Å². The first-order valence-corrected chi connectivity index (χ1v) is 8.80. The first-order valence-electron chi connectivity index (χ1n) is 8.80. The number of carbonyl (C=O) groups excluding carboxylic acids is 2. The smallest absolute Gasteiger partial charge is 0.306 e. The summed E-state index contributed by atoms with van der Waals surface area (Å²) in [5.74, 6) is 1.72. The highest BCUT2D eigenvalue weighted by Crippen LogP contribution is 2.38. The van der Waals surface area contributed by atoms with Crippen LogP contribution in [0.15, 0.2) is 24.3 Å². The molecule has 2 fully saturated rings. The number of esters is 2. The highest BCUT2D eigenvalue weighted by Gasteiger charge is 2.41. The normalized spacial score (nSPS) is 45.7. The molecule has 5 nitrogen and oxygen atoms in total. The minimum absolute atomic E-state index is 0.0319. The summed E-state index contributed by atoms with van der Waals surface area (Å²) in [6.07, 6.45) is 8.34. The maximum absolute atomic E-state index is 11.0. The number of rotatable bonds is 0. The Morgan fingerprint density at radius 1 is 0.833 bits per heavy atom. The molecule has 0 aromatic rings. The number of aliphatic hydroxyl groups excluding tert-OH is 1. The predicted molar refractivity (Wildman–Crippen MR) is 87.8 cm³/mol. The lowest BCUT2D eigenvalue weighted by Gasteiger charge is -2.29. The fourth-order valence-corrected chi connectivity index (χ4v) is 4.03. The predicted octanol–water partition coefficient (Wildman–Crippen LogP) is 2.25. The molecule has 0 saturated carbocycles. The summed E-state index contributed by atoms with van der Waals surface area (Å²) < 4.78 is 10.2. The number of carbonyl (C=O) groups is 2. The van der Waals surface area contributed by atoms with Gasteiger partial charge in [0.1, 0.15) is 12.2 Å². The molecule has 5 heteroatoms. The fraction of sp³-hybridized carbons (Fsp3) is 0.684. The minimum atomic E-state index is -0.416. The Morgan fingerprint density at radius 2 is 1.33 bits per heavy atom. The molecule has 0 spiro atoms. The molecular formula is C19H26O5. The van der Waals surface area contributed by atoms with Crippen molar-refractivity contribution in [2.45, 2.75) is 51.9 Å². The summed E-state index contributed by atoms with van der Waals surface area (Å²) in [4.78, 5) is 21.9. The largest absolute Gasteiger partial charge is 0.458 e. The molecule has 0 aromatic carbocycles. The van der Waals surface area contributed by atoms with Crippen LogP contribution in [0, 0.1) is 29.6 Å². The zero-order chi connectivity index (χ0) is 17.4. The van der Waals surface area contributed by atoms with Crippen LogP contribution >= 0.6 is 0 Å². The third-order valence-electron chi connectivity index (χ3n) is 6.00. The van der Waals surface area contributed by atoms with E-state index in [1.807, 2.05) is 13.0 Å². The SMILES string of the molecule is CC1C=CC2OC(=O)C[C@H]2[C@H]1C.C[C@H]1C(O)C=CC2OC(=O)C[C@H]21. The van der Waals surface area contributed by atoms with Gasteiger partial charge in [0.2, 0.25) is 0 Å². The van der Waals surface area contributed by atoms with Crippen LogP contribution < -0.4 is 0 Å². The molecule has 0 bridgehead atoms. The molecule has 2 aliphatic carbocycles. The van der Waals surface area contributed by atoms with Gasteiger partial charge in [0.05, 0.1) is 18.9 Å². The molecule has 2 heterocycles. The molecule has 24 heavy (non-hydrogen) atoms. The monoisotopic (exact) mass is 334 g/mol. The van der Waals surface area contributed by atoms with Crippen molar-refractivity contribution in [1.82, 2.24) is 0 Å². The first-order chi connectivity index (χ1) is 11.4. The van der Waals surface area contributed by atoms with Gasteiger partial charge in [-0.15, -0.1) is 0 Å². The van der Waals surface area contributed by atoms with Crippen molar-refractivity contribution in [3.8, 4) is 0 Å². The van der Waals surface area contributed by atoms with Gasteiger partial charge >= 0.3 is 11.9 Å². The maximum atomic E-state index is 11.0. The van der Waals surface area contributed by atoms with Crippen molar-refractivity contribution < 1.29 is 24.2 Å².